The van der Waals surface area contributed by atoms with Crippen LogP contribution in [0.4, 0.5) is 10.7 Å². The standard InChI is InChI=1S/C19H25N5O2/c25-14-17(12-15-6-2-1-3-7-15)23-19(26)22-16-8-4-11-24(13-16)18-20-9-5-10-21-18/h1-3,5-7,9-10,16-17,25H,4,8,11-14H2,(H2,22,23,26). The number of hydrogen-bond donors (Lipinski definition) is 3. The van der Waals surface area contributed by atoms with Gasteiger partial charge in [0.15, 0.2) is 0 Å². The quantitative estimate of drug-likeness (QED) is 0.728. The predicted octanol–water partition coefficient (Wildman–Crippen LogP) is 1.35. The number of carbonyl (C=O) groups is 1. The molecule has 3 rings (SSSR count). The van der Waals surface area contributed by atoms with Crippen molar-refractivity contribution >= 4 is 12.0 Å². The number of aliphatic hydroxyl groups is 1. The smallest absolute Gasteiger partial charge is 0.315 e. The van der Waals surface area contributed by atoms with E-state index in [1.807, 2.05) is 30.3 Å². The van der Waals surface area contributed by atoms with E-state index in [2.05, 4.69) is 25.5 Å². The number of amides is 2. The second-order valence-corrected chi connectivity index (χ2v) is 6.52. The highest BCUT2D eigenvalue weighted by atomic mass is 16.3. The van der Waals surface area contributed by atoms with Crippen LogP contribution in [0.25, 0.3) is 0 Å². The lowest BCUT2D eigenvalue weighted by atomic mass is 10.1. The van der Waals surface area contributed by atoms with E-state index in [0.29, 0.717) is 18.9 Å². The zero-order valence-corrected chi connectivity index (χ0v) is 14.7. The molecule has 2 unspecified atom stereocenters. The van der Waals surface area contributed by atoms with E-state index in [4.69, 9.17) is 0 Å². The van der Waals surface area contributed by atoms with Crippen LogP contribution >= 0.6 is 0 Å². The van der Waals surface area contributed by atoms with E-state index in [1.165, 1.54) is 0 Å². The highest BCUT2D eigenvalue weighted by Crippen LogP contribution is 2.15. The van der Waals surface area contributed by atoms with Gasteiger partial charge in [0, 0.05) is 31.5 Å². The van der Waals surface area contributed by atoms with Crippen LogP contribution < -0.4 is 15.5 Å². The molecule has 26 heavy (non-hydrogen) atoms. The molecule has 1 aliphatic rings. The Balaban J connectivity index is 1.50. The Hall–Kier alpha value is -2.67. The first-order chi connectivity index (χ1) is 12.7. The Bertz CT molecular complexity index is 683. The van der Waals surface area contributed by atoms with Crippen LogP contribution in [0.1, 0.15) is 18.4 Å². The second-order valence-electron chi connectivity index (χ2n) is 6.52. The zero-order chi connectivity index (χ0) is 18.2. The first-order valence-electron chi connectivity index (χ1n) is 8.98. The van der Waals surface area contributed by atoms with Gasteiger partial charge in [-0.2, -0.15) is 0 Å². The van der Waals surface area contributed by atoms with E-state index in [9.17, 15) is 9.90 Å². The van der Waals surface area contributed by atoms with Gasteiger partial charge < -0.3 is 20.6 Å². The van der Waals surface area contributed by atoms with Gasteiger partial charge in [0.2, 0.25) is 5.95 Å². The van der Waals surface area contributed by atoms with Crippen molar-refractivity contribution in [1.29, 1.82) is 0 Å². The van der Waals surface area contributed by atoms with Crippen molar-refractivity contribution < 1.29 is 9.90 Å². The van der Waals surface area contributed by atoms with E-state index in [-0.39, 0.29) is 24.7 Å². The third kappa shape index (κ3) is 5.16. The Morgan fingerprint density at radius 1 is 1.23 bits per heavy atom. The summed E-state index contributed by atoms with van der Waals surface area (Å²) in [7, 11) is 0. The van der Waals surface area contributed by atoms with E-state index in [0.717, 1.165) is 24.9 Å². The number of carbonyl (C=O) groups excluding carboxylic acids is 1. The number of hydrogen-bond acceptors (Lipinski definition) is 5. The van der Waals surface area contributed by atoms with Crippen LogP contribution in [0.15, 0.2) is 48.8 Å². The van der Waals surface area contributed by atoms with Gasteiger partial charge in [-0.3, -0.25) is 0 Å². The van der Waals surface area contributed by atoms with Crippen LogP contribution in [-0.2, 0) is 6.42 Å². The summed E-state index contributed by atoms with van der Waals surface area (Å²) >= 11 is 0. The average molecular weight is 355 g/mol. The van der Waals surface area contributed by atoms with Crippen molar-refractivity contribution in [2.45, 2.75) is 31.3 Å². The molecule has 1 aromatic carbocycles. The first kappa shape index (κ1) is 18.1. The van der Waals surface area contributed by atoms with Gasteiger partial charge in [-0.25, -0.2) is 14.8 Å². The van der Waals surface area contributed by atoms with Crippen LogP contribution in [0.3, 0.4) is 0 Å². The van der Waals surface area contributed by atoms with Crippen LogP contribution in [0.5, 0.6) is 0 Å². The second kappa shape index (κ2) is 9.15. The summed E-state index contributed by atoms with van der Waals surface area (Å²) in [5, 5.41) is 15.4. The lowest BCUT2D eigenvalue weighted by Crippen LogP contribution is -2.53. The van der Waals surface area contributed by atoms with Gasteiger partial charge in [-0.15, -0.1) is 0 Å². The van der Waals surface area contributed by atoms with Crippen molar-refractivity contribution in [1.82, 2.24) is 20.6 Å². The molecular weight excluding hydrogens is 330 g/mol. The predicted molar refractivity (Wildman–Crippen MR) is 100.0 cm³/mol. The lowest BCUT2D eigenvalue weighted by Gasteiger charge is -2.33. The molecule has 1 aliphatic heterocycles. The molecule has 1 saturated heterocycles. The van der Waals surface area contributed by atoms with Crippen LogP contribution in [0, 0.1) is 0 Å². The van der Waals surface area contributed by atoms with Crippen molar-refractivity contribution in [3.05, 3.63) is 54.4 Å². The summed E-state index contributed by atoms with van der Waals surface area (Å²) < 4.78 is 0. The number of rotatable bonds is 6. The number of aromatic nitrogens is 2. The van der Waals surface area contributed by atoms with Gasteiger partial charge in [0.25, 0.3) is 0 Å². The molecule has 7 nitrogen and oxygen atoms in total. The molecule has 0 saturated carbocycles. The minimum absolute atomic E-state index is 0.0311. The van der Waals surface area contributed by atoms with Gasteiger partial charge in [0.05, 0.1) is 12.6 Å². The molecule has 3 N–H and O–H groups in total. The molecule has 7 heteroatoms. The maximum absolute atomic E-state index is 12.3. The summed E-state index contributed by atoms with van der Waals surface area (Å²) in [5.41, 5.74) is 1.08. The average Bonchev–Trinajstić information content (AvgIpc) is 2.69. The zero-order valence-electron chi connectivity index (χ0n) is 14.7. The lowest BCUT2D eigenvalue weighted by molar-refractivity contribution is 0.211. The Kier molecular flexibility index (Phi) is 6.38. The largest absolute Gasteiger partial charge is 0.394 e. The minimum Gasteiger partial charge on any atom is -0.394 e. The Labute approximate surface area is 153 Å². The number of anilines is 1. The number of nitrogens with one attached hydrogen (secondary N) is 2. The number of nitrogens with zero attached hydrogens (tertiary/aromatic N) is 3. The molecule has 2 heterocycles. The fourth-order valence-corrected chi connectivity index (χ4v) is 3.20. The normalized spacial score (nSPS) is 18.2. The van der Waals surface area contributed by atoms with E-state index >= 15 is 0 Å². The van der Waals surface area contributed by atoms with Crippen LogP contribution in [0.2, 0.25) is 0 Å². The molecule has 2 atom stereocenters. The van der Waals surface area contributed by atoms with E-state index in [1.54, 1.807) is 18.5 Å². The fourth-order valence-electron chi connectivity index (χ4n) is 3.20. The van der Waals surface area contributed by atoms with Crippen molar-refractivity contribution in [2.75, 3.05) is 24.6 Å². The highest BCUT2D eigenvalue weighted by molar-refractivity contribution is 5.74. The highest BCUT2D eigenvalue weighted by Gasteiger charge is 2.23. The topological polar surface area (TPSA) is 90.4 Å². The van der Waals surface area contributed by atoms with Crippen LogP contribution in [-0.4, -0.2) is 52.9 Å². The van der Waals surface area contributed by atoms with E-state index < -0.39 is 0 Å². The SMILES string of the molecule is O=C(NC(CO)Cc1ccccc1)NC1CCCN(c2ncccn2)C1. The maximum Gasteiger partial charge on any atom is 0.315 e. The van der Waals surface area contributed by atoms with Crippen molar-refractivity contribution in [3.63, 3.8) is 0 Å². The molecular formula is C19H25N5O2. The molecule has 0 radical (unpaired) electrons. The molecule has 1 fully saturated rings. The summed E-state index contributed by atoms with van der Waals surface area (Å²) in [5.74, 6) is 0.691. The first-order valence-corrected chi connectivity index (χ1v) is 8.98. The third-order valence-electron chi connectivity index (χ3n) is 4.47. The molecule has 0 spiro atoms. The molecule has 138 valence electrons. The van der Waals surface area contributed by atoms with Crippen molar-refractivity contribution in [2.24, 2.45) is 0 Å². The number of piperidine rings is 1. The Morgan fingerprint density at radius 3 is 2.73 bits per heavy atom. The number of aliphatic hydroxyl groups excluding tert-OH is 1. The summed E-state index contributed by atoms with van der Waals surface area (Å²) in [6, 6.07) is 11.1. The molecule has 0 bridgehead atoms. The monoisotopic (exact) mass is 355 g/mol. The molecule has 1 aromatic heterocycles. The van der Waals surface area contributed by atoms with Gasteiger partial charge in [-0.1, -0.05) is 30.3 Å². The summed E-state index contributed by atoms with van der Waals surface area (Å²) in [4.78, 5) is 23.0. The number of benzene rings is 1. The Morgan fingerprint density at radius 2 is 2.00 bits per heavy atom. The molecule has 2 amide bonds. The molecule has 2 aromatic rings. The number of urea groups is 1. The summed E-state index contributed by atoms with van der Waals surface area (Å²) in [6.07, 6.45) is 5.93. The fraction of sp³-hybridized carbons (Fsp3) is 0.421. The molecule has 0 aliphatic carbocycles. The van der Waals surface area contributed by atoms with Gasteiger partial charge >= 0.3 is 6.03 Å². The summed E-state index contributed by atoms with van der Waals surface area (Å²) in [6.45, 7) is 1.47. The third-order valence-corrected chi connectivity index (χ3v) is 4.47. The van der Waals surface area contributed by atoms with Gasteiger partial charge in [-0.05, 0) is 30.9 Å². The minimum atomic E-state index is -0.311. The maximum atomic E-state index is 12.3. The van der Waals surface area contributed by atoms with Gasteiger partial charge in [0.1, 0.15) is 0 Å². The van der Waals surface area contributed by atoms with Crippen molar-refractivity contribution in [3.8, 4) is 0 Å².